The van der Waals surface area contributed by atoms with Gasteiger partial charge in [0.15, 0.2) is 0 Å². The van der Waals surface area contributed by atoms with Crippen LogP contribution in [-0.4, -0.2) is 52.9 Å². The number of alkyl carbamates (subject to hydrolysis) is 1. The minimum Gasteiger partial charge on any atom is -0.441 e. The van der Waals surface area contributed by atoms with Gasteiger partial charge in [0.05, 0.1) is 10.5 Å². The van der Waals surface area contributed by atoms with Crippen LogP contribution in [0.3, 0.4) is 0 Å². The molecule has 0 aromatic heterocycles. The van der Waals surface area contributed by atoms with Gasteiger partial charge >= 0.3 is 6.09 Å². The van der Waals surface area contributed by atoms with Crippen molar-refractivity contribution < 1.29 is 33.6 Å². The molecule has 0 heterocycles. The summed E-state index contributed by atoms with van der Waals surface area (Å²) in [6, 6.07) is 4.48. The Labute approximate surface area is 317 Å². The molecule has 0 fully saturated rings. The molecule has 1 aromatic carbocycles. The first-order valence-corrected chi connectivity index (χ1v) is 19.7. The Morgan fingerprint density at radius 1 is 0.698 bits per heavy atom. The molecule has 1 aromatic rings. The summed E-state index contributed by atoms with van der Waals surface area (Å²) in [5, 5.41) is 20.3. The lowest BCUT2D eigenvalue weighted by Crippen LogP contribution is -2.41. The van der Waals surface area contributed by atoms with Gasteiger partial charge in [-0.1, -0.05) is 58.9 Å². The van der Waals surface area contributed by atoms with E-state index in [1.807, 2.05) is 41.5 Å². The van der Waals surface area contributed by atoms with E-state index >= 15 is 0 Å². The number of nitro benzene ring substituents is 1. The standard InChI is InChI=1S/C41H68N4O8/c1-31(53-39(50)42-27-28-44-41(5,6)7)35-29-32(25-26-36(35)45(51)52)30-43-38(49)24-18-17-22-34(47)20-14-10-8-9-13-19-33(46)21-15-11-12-16-23-37(48)40(2,3)4/h25-26,29,31,44H,8-24,27-28,30H2,1-7H3,(H,42,50)(H,43,49). The van der Waals surface area contributed by atoms with Crippen molar-refractivity contribution in [3.05, 3.63) is 39.4 Å². The van der Waals surface area contributed by atoms with Crippen molar-refractivity contribution in [1.82, 2.24) is 16.0 Å². The Hall–Kier alpha value is -3.67. The van der Waals surface area contributed by atoms with Crippen LogP contribution in [0.25, 0.3) is 0 Å². The number of nitro groups is 1. The van der Waals surface area contributed by atoms with E-state index in [2.05, 4.69) is 16.0 Å². The van der Waals surface area contributed by atoms with Crippen molar-refractivity contribution in [3.8, 4) is 0 Å². The molecular weight excluding hydrogens is 676 g/mol. The first-order chi connectivity index (χ1) is 24.9. The molecule has 12 heteroatoms. The molecule has 0 aliphatic rings. The van der Waals surface area contributed by atoms with Crippen molar-refractivity contribution in [1.29, 1.82) is 0 Å². The molecule has 1 rings (SSSR count). The molecule has 0 aliphatic heterocycles. The fourth-order valence-electron chi connectivity index (χ4n) is 5.73. The van der Waals surface area contributed by atoms with Gasteiger partial charge in [-0.3, -0.25) is 29.3 Å². The van der Waals surface area contributed by atoms with Gasteiger partial charge in [0.1, 0.15) is 23.5 Å². The lowest BCUT2D eigenvalue weighted by Gasteiger charge is -2.21. The zero-order valence-corrected chi connectivity index (χ0v) is 33.7. The number of amides is 2. The van der Waals surface area contributed by atoms with Crippen molar-refractivity contribution in [3.63, 3.8) is 0 Å². The number of Topliss-reactive ketones (excluding diaryl/α,β-unsaturated/α-hetero) is 3. The highest BCUT2D eigenvalue weighted by Crippen LogP contribution is 2.29. The molecule has 0 radical (unpaired) electrons. The van der Waals surface area contributed by atoms with Crippen LogP contribution in [0.15, 0.2) is 18.2 Å². The van der Waals surface area contributed by atoms with E-state index in [0.717, 1.165) is 57.8 Å². The summed E-state index contributed by atoms with van der Waals surface area (Å²) in [5.41, 5.74) is 0.333. The molecule has 1 atom stereocenters. The van der Waals surface area contributed by atoms with Crippen LogP contribution >= 0.6 is 0 Å². The molecule has 0 saturated heterocycles. The minimum atomic E-state index is -0.884. The zero-order chi connectivity index (χ0) is 39.9. The van der Waals surface area contributed by atoms with Gasteiger partial charge < -0.3 is 20.7 Å². The quantitative estimate of drug-likeness (QED) is 0.0430. The third-order valence-electron chi connectivity index (χ3n) is 9.02. The van der Waals surface area contributed by atoms with Crippen molar-refractivity contribution >= 4 is 35.0 Å². The fourth-order valence-corrected chi connectivity index (χ4v) is 5.73. The van der Waals surface area contributed by atoms with Crippen LogP contribution in [0.1, 0.15) is 175 Å². The normalized spacial score (nSPS) is 12.2. The van der Waals surface area contributed by atoms with Crippen LogP contribution in [0.2, 0.25) is 0 Å². The third kappa shape index (κ3) is 23.6. The Balaban J connectivity index is 2.20. The topological polar surface area (TPSA) is 174 Å². The van der Waals surface area contributed by atoms with Crippen LogP contribution in [-0.2, 0) is 30.5 Å². The van der Waals surface area contributed by atoms with E-state index in [0.29, 0.717) is 75.2 Å². The lowest BCUT2D eigenvalue weighted by molar-refractivity contribution is -0.386. The number of hydrogen-bond acceptors (Lipinski definition) is 9. The smallest absolute Gasteiger partial charge is 0.407 e. The summed E-state index contributed by atoms with van der Waals surface area (Å²) in [4.78, 5) is 72.2. The van der Waals surface area contributed by atoms with Gasteiger partial charge in [0, 0.05) is 75.2 Å². The number of hydrogen-bond donors (Lipinski definition) is 3. The van der Waals surface area contributed by atoms with E-state index in [9.17, 15) is 34.1 Å². The molecule has 53 heavy (non-hydrogen) atoms. The summed E-state index contributed by atoms with van der Waals surface area (Å²) in [6.07, 6.45) is 11.3. The highest BCUT2D eigenvalue weighted by atomic mass is 16.6. The summed E-state index contributed by atoms with van der Waals surface area (Å²) < 4.78 is 5.39. The number of nitrogens with one attached hydrogen (secondary N) is 3. The monoisotopic (exact) mass is 745 g/mol. The number of benzene rings is 1. The zero-order valence-electron chi connectivity index (χ0n) is 33.7. The minimum absolute atomic E-state index is 0.0973. The second kappa shape index (κ2) is 25.4. The van der Waals surface area contributed by atoms with Gasteiger partial charge in [-0.15, -0.1) is 0 Å². The van der Waals surface area contributed by atoms with E-state index in [4.69, 9.17) is 4.74 Å². The Morgan fingerprint density at radius 3 is 1.70 bits per heavy atom. The average Bonchev–Trinajstić information content (AvgIpc) is 3.07. The molecule has 3 N–H and O–H groups in total. The maximum Gasteiger partial charge on any atom is 0.407 e. The van der Waals surface area contributed by atoms with Crippen LogP contribution in [0, 0.1) is 15.5 Å². The molecular formula is C41H68N4O8. The highest BCUT2D eigenvalue weighted by molar-refractivity contribution is 5.83. The van der Waals surface area contributed by atoms with Crippen LogP contribution in [0.5, 0.6) is 0 Å². The van der Waals surface area contributed by atoms with Gasteiger partial charge in [-0.25, -0.2) is 4.79 Å². The number of ketones is 3. The molecule has 300 valence electrons. The molecule has 2 amide bonds. The maximum absolute atomic E-state index is 12.4. The Morgan fingerprint density at radius 2 is 1.19 bits per heavy atom. The van der Waals surface area contributed by atoms with E-state index < -0.39 is 17.1 Å². The van der Waals surface area contributed by atoms with Gasteiger partial charge in [0.2, 0.25) is 5.91 Å². The average molecular weight is 745 g/mol. The molecule has 0 spiro atoms. The van der Waals surface area contributed by atoms with Crippen LogP contribution < -0.4 is 16.0 Å². The Kier molecular flexibility index (Phi) is 22.7. The first-order valence-electron chi connectivity index (χ1n) is 19.7. The SMILES string of the molecule is CC(OC(=O)NCCNC(C)(C)C)c1cc(CNC(=O)CCCCC(=O)CCCCCCCC(=O)CCCCCCC(=O)C(C)(C)C)ccc1[N+](=O)[O-]. The van der Waals surface area contributed by atoms with Crippen LogP contribution in [0.4, 0.5) is 10.5 Å². The number of rotatable bonds is 28. The summed E-state index contributed by atoms with van der Waals surface area (Å²) in [7, 11) is 0. The second-order valence-electron chi connectivity index (χ2n) is 16.2. The van der Waals surface area contributed by atoms with Crippen molar-refractivity contribution in [2.75, 3.05) is 13.1 Å². The number of unbranched alkanes of at least 4 members (excludes halogenated alkanes) is 8. The highest BCUT2D eigenvalue weighted by Gasteiger charge is 2.23. The summed E-state index contributed by atoms with van der Waals surface area (Å²) >= 11 is 0. The predicted octanol–water partition coefficient (Wildman–Crippen LogP) is 8.77. The summed E-state index contributed by atoms with van der Waals surface area (Å²) in [6.45, 7) is 14.5. The van der Waals surface area contributed by atoms with Gasteiger partial charge in [-0.2, -0.15) is 0 Å². The number of carbonyl (C=O) groups is 5. The van der Waals surface area contributed by atoms with Gasteiger partial charge in [0.25, 0.3) is 5.69 Å². The molecule has 0 bridgehead atoms. The lowest BCUT2D eigenvalue weighted by atomic mass is 9.88. The number of nitrogens with zero attached hydrogens (tertiary/aromatic N) is 1. The number of ether oxygens (including phenoxy) is 1. The van der Waals surface area contributed by atoms with Crippen molar-refractivity contribution in [2.24, 2.45) is 5.41 Å². The van der Waals surface area contributed by atoms with E-state index in [1.165, 1.54) is 6.07 Å². The third-order valence-corrected chi connectivity index (χ3v) is 9.02. The number of carbonyl (C=O) groups excluding carboxylic acids is 5. The predicted molar refractivity (Wildman–Crippen MR) is 209 cm³/mol. The first kappa shape index (κ1) is 47.4. The van der Waals surface area contributed by atoms with Crippen molar-refractivity contribution in [2.45, 2.75) is 176 Å². The molecule has 12 nitrogen and oxygen atoms in total. The second-order valence-corrected chi connectivity index (χ2v) is 16.2. The van der Waals surface area contributed by atoms with E-state index in [1.54, 1.807) is 19.1 Å². The molecule has 0 aliphatic carbocycles. The fraction of sp³-hybridized carbons (Fsp3) is 0.732. The molecule has 0 saturated carbocycles. The summed E-state index contributed by atoms with van der Waals surface area (Å²) in [5.74, 6) is 0.648. The van der Waals surface area contributed by atoms with E-state index in [-0.39, 0.29) is 46.9 Å². The molecule has 1 unspecified atom stereocenters. The largest absolute Gasteiger partial charge is 0.441 e. The van der Waals surface area contributed by atoms with Gasteiger partial charge in [-0.05, 0) is 77.8 Å². The maximum atomic E-state index is 12.4. The Bertz CT molecular complexity index is 1320.